The van der Waals surface area contributed by atoms with Crippen molar-refractivity contribution in [1.82, 2.24) is 0 Å². The molecule has 0 unspecified atom stereocenters. The molecule has 1 saturated heterocycles. The normalized spacial score (nSPS) is 17.5. The summed E-state index contributed by atoms with van der Waals surface area (Å²) >= 11 is 6.17. The minimum absolute atomic E-state index is 0.0374. The van der Waals surface area contributed by atoms with Crippen molar-refractivity contribution in [3.05, 3.63) is 94.5 Å². The van der Waals surface area contributed by atoms with Crippen molar-refractivity contribution in [3.8, 4) is 11.5 Å². The largest absolute Gasteiger partial charge is 0.507 e. The fraction of sp³-hybridized carbons (Fsp3) is 0.120. The van der Waals surface area contributed by atoms with Crippen LogP contribution < -0.4 is 14.4 Å². The summed E-state index contributed by atoms with van der Waals surface area (Å²) in [5, 5.41) is 11.5. The first-order valence-electron chi connectivity index (χ1n) is 9.80. The Bertz CT molecular complexity index is 1220. The van der Waals surface area contributed by atoms with Gasteiger partial charge in [-0.3, -0.25) is 14.5 Å². The second-order valence-corrected chi connectivity index (χ2v) is 7.56. The number of halogens is 1. The van der Waals surface area contributed by atoms with Gasteiger partial charge < -0.3 is 14.6 Å². The fourth-order valence-corrected chi connectivity index (χ4v) is 4.00. The lowest BCUT2D eigenvalue weighted by Gasteiger charge is -2.27. The molecule has 1 atom stereocenters. The van der Waals surface area contributed by atoms with Crippen LogP contribution in [0.2, 0.25) is 5.02 Å². The van der Waals surface area contributed by atoms with Crippen molar-refractivity contribution in [3.63, 3.8) is 0 Å². The molecule has 6 nitrogen and oxygen atoms in total. The van der Waals surface area contributed by atoms with Gasteiger partial charge in [0.15, 0.2) is 0 Å². The number of methoxy groups -OCH3 is 2. The van der Waals surface area contributed by atoms with Crippen LogP contribution in [-0.4, -0.2) is 31.0 Å². The first kappa shape index (κ1) is 21.5. The number of rotatable bonds is 5. The molecule has 4 rings (SSSR count). The second kappa shape index (κ2) is 8.77. The molecular weight excluding hydrogens is 430 g/mol. The van der Waals surface area contributed by atoms with Gasteiger partial charge in [0.25, 0.3) is 11.7 Å². The third-order valence-corrected chi connectivity index (χ3v) is 5.55. The lowest BCUT2D eigenvalue weighted by molar-refractivity contribution is -0.132. The predicted octanol–water partition coefficient (Wildman–Crippen LogP) is 4.98. The van der Waals surface area contributed by atoms with E-state index < -0.39 is 17.7 Å². The van der Waals surface area contributed by atoms with E-state index in [2.05, 4.69) is 0 Å². The molecule has 1 N–H and O–H groups in total. The molecule has 7 heteroatoms. The summed E-state index contributed by atoms with van der Waals surface area (Å²) in [6, 6.07) is 19.4. The Morgan fingerprint density at radius 1 is 0.938 bits per heavy atom. The predicted molar refractivity (Wildman–Crippen MR) is 122 cm³/mol. The number of aliphatic hydroxyl groups is 1. The SMILES string of the molecule is COc1ccc([C@H]2/C(=C(\O)c3ccccc3)C(=O)C(=O)N2c2cccc(Cl)c2)c(OC)c1. The van der Waals surface area contributed by atoms with Crippen molar-refractivity contribution in [2.24, 2.45) is 0 Å². The maximum absolute atomic E-state index is 13.2. The van der Waals surface area contributed by atoms with Crippen LogP contribution in [0.15, 0.2) is 78.4 Å². The number of amides is 1. The smallest absolute Gasteiger partial charge is 0.300 e. The Morgan fingerprint density at radius 2 is 1.69 bits per heavy atom. The monoisotopic (exact) mass is 449 g/mol. The van der Waals surface area contributed by atoms with Crippen molar-refractivity contribution < 1.29 is 24.2 Å². The highest BCUT2D eigenvalue weighted by atomic mass is 35.5. The number of benzene rings is 3. The lowest BCUT2D eigenvalue weighted by Crippen LogP contribution is -2.29. The summed E-state index contributed by atoms with van der Waals surface area (Å²) in [5.74, 6) is -0.881. The molecule has 0 saturated carbocycles. The minimum Gasteiger partial charge on any atom is -0.507 e. The summed E-state index contributed by atoms with van der Waals surface area (Å²) in [7, 11) is 3.02. The molecule has 3 aromatic carbocycles. The Kier molecular flexibility index (Phi) is 5.88. The van der Waals surface area contributed by atoms with Crippen LogP contribution in [-0.2, 0) is 9.59 Å². The van der Waals surface area contributed by atoms with Crippen molar-refractivity contribution in [2.75, 3.05) is 19.1 Å². The molecule has 3 aromatic rings. The molecule has 0 bridgehead atoms. The minimum atomic E-state index is -0.936. The highest BCUT2D eigenvalue weighted by Gasteiger charge is 2.48. The van der Waals surface area contributed by atoms with Gasteiger partial charge >= 0.3 is 0 Å². The van der Waals surface area contributed by atoms with Gasteiger partial charge in [0, 0.05) is 27.9 Å². The molecule has 1 aliphatic heterocycles. The molecule has 162 valence electrons. The van der Waals surface area contributed by atoms with Crippen LogP contribution in [0.3, 0.4) is 0 Å². The van der Waals surface area contributed by atoms with Crippen molar-refractivity contribution in [2.45, 2.75) is 6.04 Å². The van der Waals surface area contributed by atoms with Crippen LogP contribution in [0.4, 0.5) is 5.69 Å². The van der Waals surface area contributed by atoms with Gasteiger partial charge in [0.05, 0.1) is 25.8 Å². The van der Waals surface area contributed by atoms with E-state index in [1.165, 1.54) is 19.1 Å². The van der Waals surface area contributed by atoms with Crippen molar-refractivity contribution >= 4 is 34.7 Å². The Balaban J connectivity index is 2.00. The Labute approximate surface area is 190 Å². The Morgan fingerprint density at radius 3 is 2.34 bits per heavy atom. The van der Waals surface area contributed by atoms with Gasteiger partial charge in [-0.15, -0.1) is 0 Å². The average molecular weight is 450 g/mol. The van der Waals surface area contributed by atoms with Crippen LogP contribution in [0, 0.1) is 0 Å². The summed E-state index contributed by atoms with van der Waals surface area (Å²) in [6.45, 7) is 0. The zero-order valence-electron chi connectivity index (χ0n) is 17.4. The number of aliphatic hydroxyl groups excluding tert-OH is 1. The number of hydrogen-bond acceptors (Lipinski definition) is 5. The third kappa shape index (κ3) is 3.69. The van der Waals surface area contributed by atoms with E-state index in [4.69, 9.17) is 21.1 Å². The van der Waals surface area contributed by atoms with Crippen LogP contribution >= 0.6 is 11.6 Å². The third-order valence-electron chi connectivity index (χ3n) is 5.31. The molecular formula is C25H20ClNO5. The molecule has 1 amide bonds. The zero-order valence-corrected chi connectivity index (χ0v) is 18.2. The summed E-state index contributed by atoms with van der Waals surface area (Å²) < 4.78 is 10.8. The van der Waals surface area contributed by atoms with Gasteiger partial charge in [0.2, 0.25) is 0 Å². The number of anilines is 1. The van der Waals surface area contributed by atoms with Gasteiger partial charge in [-0.25, -0.2) is 0 Å². The van der Waals surface area contributed by atoms with Crippen LogP contribution in [0.1, 0.15) is 17.2 Å². The number of ketones is 1. The molecule has 1 heterocycles. The van der Waals surface area contributed by atoms with E-state index in [1.54, 1.807) is 72.8 Å². The van der Waals surface area contributed by atoms with E-state index in [-0.39, 0.29) is 11.3 Å². The molecule has 0 aliphatic carbocycles. The molecule has 32 heavy (non-hydrogen) atoms. The average Bonchev–Trinajstić information content (AvgIpc) is 3.08. The van der Waals surface area contributed by atoms with Crippen molar-refractivity contribution in [1.29, 1.82) is 0 Å². The number of nitrogens with zero attached hydrogens (tertiary/aromatic N) is 1. The molecule has 0 spiro atoms. The molecule has 1 fully saturated rings. The first-order valence-corrected chi connectivity index (χ1v) is 10.2. The van der Waals surface area contributed by atoms with E-state index in [0.29, 0.717) is 33.3 Å². The molecule has 0 aromatic heterocycles. The lowest BCUT2D eigenvalue weighted by atomic mass is 9.94. The quantitative estimate of drug-likeness (QED) is 0.337. The zero-order chi connectivity index (χ0) is 22.8. The molecule has 0 radical (unpaired) electrons. The van der Waals surface area contributed by atoms with E-state index in [9.17, 15) is 14.7 Å². The standard InChI is InChI=1S/C25H20ClNO5/c1-31-18-11-12-19(20(14-18)32-2)22-21(23(28)15-7-4-3-5-8-15)24(29)25(30)27(22)17-10-6-9-16(26)13-17/h3-14,22,28H,1-2H3/b23-21+/t22-/m0/s1. The second-order valence-electron chi connectivity index (χ2n) is 7.12. The highest BCUT2D eigenvalue weighted by molar-refractivity contribution is 6.51. The van der Waals surface area contributed by atoms with E-state index in [0.717, 1.165) is 0 Å². The summed E-state index contributed by atoms with van der Waals surface area (Å²) in [6.07, 6.45) is 0. The van der Waals surface area contributed by atoms with E-state index in [1.807, 2.05) is 0 Å². The number of Topliss-reactive ketones (excluding diaryl/α,β-unsaturated/α-hetero) is 1. The maximum Gasteiger partial charge on any atom is 0.300 e. The van der Waals surface area contributed by atoms with Crippen LogP contribution in [0.5, 0.6) is 11.5 Å². The maximum atomic E-state index is 13.2. The number of ether oxygens (including phenoxy) is 2. The number of carbonyl (C=O) groups excluding carboxylic acids is 2. The number of carbonyl (C=O) groups is 2. The van der Waals surface area contributed by atoms with Gasteiger partial charge in [-0.2, -0.15) is 0 Å². The van der Waals surface area contributed by atoms with Gasteiger partial charge in [-0.1, -0.05) is 48.0 Å². The first-order chi connectivity index (χ1) is 15.5. The van der Waals surface area contributed by atoms with Crippen LogP contribution in [0.25, 0.3) is 5.76 Å². The molecule has 1 aliphatic rings. The highest BCUT2D eigenvalue weighted by Crippen LogP contribution is 2.45. The topological polar surface area (TPSA) is 76.1 Å². The van der Waals surface area contributed by atoms with Gasteiger partial charge in [0.1, 0.15) is 17.3 Å². The fourth-order valence-electron chi connectivity index (χ4n) is 3.81. The summed E-state index contributed by atoms with van der Waals surface area (Å²) in [4.78, 5) is 27.7. The number of hydrogen-bond donors (Lipinski definition) is 1. The Hall–Kier alpha value is -3.77. The summed E-state index contributed by atoms with van der Waals surface area (Å²) in [5.41, 5.74) is 1.33. The van der Waals surface area contributed by atoms with Gasteiger partial charge in [-0.05, 0) is 30.3 Å². The van der Waals surface area contributed by atoms with E-state index >= 15 is 0 Å².